The van der Waals surface area contributed by atoms with Gasteiger partial charge in [0.15, 0.2) is 5.76 Å². The van der Waals surface area contributed by atoms with Crippen LogP contribution in [0.1, 0.15) is 25.1 Å². The second kappa shape index (κ2) is 7.12. The van der Waals surface area contributed by atoms with Gasteiger partial charge in [-0.2, -0.15) is 4.98 Å². The van der Waals surface area contributed by atoms with E-state index in [2.05, 4.69) is 15.1 Å². The summed E-state index contributed by atoms with van der Waals surface area (Å²) in [6.45, 7) is 3.05. The number of carbonyl (C=O) groups excluding carboxylic acids is 1. The van der Waals surface area contributed by atoms with Gasteiger partial charge >= 0.3 is 0 Å². The summed E-state index contributed by atoms with van der Waals surface area (Å²) in [6, 6.07) is 3.51. The Balaban J connectivity index is 1.57. The highest BCUT2D eigenvalue weighted by Gasteiger charge is 2.17. The lowest BCUT2D eigenvalue weighted by Crippen LogP contribution is -2.31. The van der Waals surface area contributed by atoms with E-state index in [1.807, 2.05) is 24.7 Å². The number of imidazole rings is 1. The highest BCUT2D eigenvalue weighted by atomic mass is 16.5. The normalized spacial score (nSPS) is 10.9. The van der Waals surface area contributed by atoms with E-state index in [4.69, 9.17) is 8.94 Å². The van der Waals surface area contributed by atoms with Crippen molar-refractivity contribution in [1.29, 1.82) is 0 Å². The predicted octanol–water partition coefficient (Wildman–Crippen LogP) is 2.04. The van der Waals surface area contributed by atoms with Crippen LogP contribution in [0.3, 0.4) is 0 Å². The number of carbonyl (C=O) groups is 1. The maximum absolute atomic E-state index is 12.4. The molecule has 0 atom stereocenters. The molecule has 0 fully saturated rings. The summed E-state index contributed by atoms with van der Waals surface area (Å²) in [4.78, 5) is 22.7. The van der Waals surface area contributed by atoms with Gasteiger partial charge in [-0.1, -0.05) is 5.16 Å². The molecule has 3 rings (SSSR count). The summed E-state index contributed by atoms with van der Waals surface area (Å²) in [7, 11) is 1.91. The molecule has 1 amide bonds. The van der Waals surface area contributed by atoms with E-state index in [-0.39, 0.29) is 5.91 Å². The second-order valence-corrected chi connectivity index (χ2v) is 5.35. The van der Waals surface area contributed by atoms with E-state index in [0.717, 1.165) is 5.82 Å². The first kappa shape index (κ1) is 16.0. The second-order valence-electron chi connectivity index (χ2n) is 5.35. The number of hydrogen-bond acceptors (Lipinski definition) is 6. The minimum atomic E-state index is 0.0262. The van der Waals surface area contributed by atoms with Gasteiger partial charge in [0.1, 0.15) is 5.82 Å². The van der Waals surface area contributed by atoms with Crippen LogP contribution in [0.2, 0.25) is 0 Å². The third-order valence-electron chi connectivity index (χ3n) is 3.75. The minimum absolute atomic E-state index is 0.0262. The summed E-state index contributed by atoms with van der Waals surface area (Å²) < 4.78 is 12.3. The van der Waals surface area contributed by atoms with Crippen molar-refractivity contribution in [2.45, 2.75) is 26.3 Å². The molecule has 0 unspecified atom stereocenters. The summed E-state index contributed by atoms with van der Waals surface area (Å²) in [5.41, 5.74) is 0. The Kier molecular flexibility index (Phi) is 4.74. The van der Waals surface area contributed by atoms with E-state index in [1.54, 1.807) is 29.5 Å². The van der Waals surface area contributed by atoms with Crippen LogP contribution in [0.15, 0.2) is 39.7 Å². The molecule has 24 heavy (non-hydrogen) atoms. The van der Waals surface area contributed by atoms with Crippen LogP contribution in [-0.2, 0) is 24.8 Å². The van der Waals surface area contributed by atoms with Crippen LogP contribution in [0.25, 0.3) is 11.6 Å². The molecule has 0 aliphatic carbocycles. The van der Waals surface area contributed by atoms with E-state index >= 15 is 0 Å². The highest BCUT2D eigenvalue weighted by Crippen LogP contribution is 2.16. The molecule has 0 aliphatic rings. The maximum Gasteiger partial charge on any atom is 0.238 e. The van der Waals surface area contributed by atoms with Gasteiger partial charge in [0.05, 0.1) is 12.8 Å². The third-order valence-corrected chi connectivity index (χ3v) is 3.75. The molecule has 8 nitrogen and oxygen atoms in total. The molecular weight excluding hydrogens is 310 g/mol. The summed E-state index contributed by atoms with van der Waals surface area (Å²) in [5, 5.41) is 3.86. The Hall–Kier alpha value is -2.90. The number of rotatable bonds is 7. The molecule has 0 aliphatic heterocycles. The Bertz CT molecular complexity index is 790. The van der Waals surface area contributed by atoms with Crippen LogP contribution in [0, 0.1) is 0 Å². The third kappa shape index (κ3) is 3.53. The van der Waals surface area contributed by atoms with Gasteiger partial charge in [-0.05, 0) is 19.1 Å². The zero-order valence-electron chi connectivity index (χ0n) is 13.7. The average molecular weight is 329 g/mol. The van der Waals surface area contributed by atoms with Gasteiger partial charge in [-0.15, -0.1) is 0 Å². The molecule has 0 saturated carbocycles. The first-order valence-corrected chi connectivity index (χ1v) is 7.77. The molecule has 0 aromatic carbocycles. The molecule has 3 heterocycles. The van der Waals surface area contributed by atoms with Crippen LogP contribution >= 0.6 is 0 Å². The Morgan fingerprint density at radius 2 is 2.29 bits per heavy atom. The van der Waals surface area contributed by atoms with Crippen molar-refractivity contribution in [2.24, 2.45) is 7.05 Å². The van der Waals surface area contributed by atoms with E-state index < -0.39 is 0 Å². The lowest BCUT2D eigenvalue weighted by molar-refractivity contribution is -0.131. The average Bonchev–Trinajstić information content (AvgIpc) is 3.32. The predicted molar refractivity (Wildman–Crippen MR) is 84.6 cm³/mol. The Morgan fingerprint density at radius 1 is 1.42 bits per heavy atom. The van der Waals surface area contributed by atoms with Crippen molar-refractivity contribution < 1.29 is 13.7 Å². The molecule has 3 aromatic heterocycles. The van der Waals surface area contributed by atoms with Gasteiger partial charge in [-0.25, -0.2) is 4.98 Å². The number of aromatic nitrogens is 4. The minimum Gasteiger partial charge on any atom is -0.461 e. The van der Waals surface area contributed by atoms with E-state index in [9.17, 15) is 4.79 Å². The first-order chi connectivity index (χ1) is 11.7. The zero-order valence-corrected chi connectivity index (χ0v) is 13.7. The number of furan rings is 1. The molecule has 0 N–H and O–H groups in total. The van der Waals surface area contributed by atoms with Crippen molar-refractivity contribution in [3.8, 4) is 11.6 Å². The van der Waals surface area contributed by atoms with Gasteiger partial charge in [0.2, 0.25) is 17.6 Å². The van der Waals surface area contributed by atoms with Crippen LogP contribution < -0.4 is 0 Å². The van der Waals surface area contributed by atoms with Gasteiger partial charge in [0, 0.05) is 38.8 Å². The molecule has 0 spiro atoms. The van der Waals surface area contributed by atoms with Crippen LogP contribution in [0.5, 0.6) is 0 Å². The highest BCUT2D eigenvalue weighted by molar-refractivity contribution is 5.76. The lowest BCUT2D eigenvalue weighted by atomic mass is 10.2. The smallest absolute Gasteiger partial charge is 0.238 e. The summed E-state index contributed by atoms with van der Waals surface area (Å²) in [6.07, 6.45) is 5.83. The van der Waals surface area contributed by atoms with Crippen molar-refractivity contribution >= 4 is 5.91 Å². The Labute approximate surface area is 139 Å². The number of amides is 1. The number of hydrogen-bond donors (Lipinski definition) is 0. The zero-order chi connectivity index (χ0) is 16.9. The molecular formula is C16H19N5O3. The van der Waals surface area contributed by atoms with E-state index in [1.165, 1.54) is 0 Å². The van der Waals surface area contributed by atoms with Crippen molar-refractivity contribution in [2.75, 3.05) is 6.54 Å². The number of nitrogens with zero attached hydrogens (tertiary/aromatic N) is 5. The Morgan fingerprint density at radius 3 is 2.96 bits per heavy atom. The van der Waals surface area contributed by atoms with Crippen LogP contribution in [-0.4, -0.2) is 37.0 Å². The molecule has 0 saturated heterocycles. The fourth-order valence-corrected chi connectivity index (χ4v) is 2.33. The van der Waals surface area contributed by atoms with Gasteiger partial charge in [0.25, 0.3) is 0 Å². The fourth-order valence-electron chi connectivity index (χ4n) is 2.33. The molecule has 0 radical (unpaired) electrons. The first-order valence-electron chi connectivity index (χ1n) is 7.77. The van der Waals surface area contributed by atoms with Crippen molar-refractivity contribution in [3.63, 3.8) is 0 Å². The largest absolute Gasteiger partial charge is 0.461 e. The maximum atomic E-state index is 12.4. The standard InChI is InChI=1S/C16H19N5O3/c1-3-21(11-13-17-8-9-20(13)2)15(22)7-6-14-18-16(19-24-14)12-5-4-10-23-12/h4-5,8-10H,3,6-7,11H2,1-2H3. The monoisotopic (exact) mass is 329 g/mol. The number of aryl methyl sites for hydroxylation is 2. The molecule has 0 bridgehead atoms. The van der Waals surface area contributed by atoms with Crippen molar-refractivity contribution in [3.05, 3.63) is 42.5 Å². The quantitative estimate of drug-likeness (QED) is 0.659. The lowest BCUT2D eigenvalue weighted by Gasteiger charge is -2.20. The van der Waals surface area contributed by atoms with Gasteiger partial charge < -0.3 is 18.4 Å². The SMILES string of the molecule is CCN(Cc1nccn1C)C(=O)CCc1nc(-c2ccco2)no1. The summed E-state index contributed by atoms with van der Waals surface area (Å²) in [5.74, 6) is 2.23. The summed E-state index contributed by atoms with van der Waals surface area (Å²) >= 11 is 0. The van der Waals surface area contributed by atoms with E-state index in [0.29, 0.717) is 43.4 Å². The topological polar surface area (TPSA) is 90.2 Å². The van der Waals surface area contributed by atoms with Gasteiger partial charge in [-0.3, -0.25) is 4.79 Å². The molecule has 126 valence electrons. The van der Waals surface area contributed by atoms with Crippen molar-refractivity contribution in [1.82, 2.24) is 24.6 Å². The fraction of sp³-hybridized carbons (Fsp3) is 0.375. The molecule has 8 heteroatoms. The van der Waals surface area contributed by atoms with Crippen LogP contribution in [0.4, 0.5) is 0 Å². The molecule has 3 aromatic rings.